The predicted octanol–water partition coefficient (Wildman–Crippen LogP) is 4.33. The lowest BCUT2D eigenvalue weighted by Crippen LogP contribution is -2.04. The lowest BCUT2D eigenvalue weighted by atomic mass is 10.1. The van der Waals surface area contributed by atoms with Crippen LogP contribution in [0, 0.1) is 0 Å². The van der Waals surface area contributed by atoms with Gasteiger partial charge in [-0.1, -0.05) is 29.8 Å². The van der Waals surface area contributed by atoms with Gasteiger partial charge in [-0.25, -0.2) is 4.79 Å². The Hall–Kier alpha value is -2.59. The highest BCUT2D eigenvalue weighted by Crippen LogP contribution is 2.29. The number of nitrogens with zero attached hydrogens (tertiary/aromatic N) is 1. The van der Waals surface area contributed by atoms with Gasteiger partial charge in [0.05, 0.1) is 11.2 Å². The molecule has 5 heteroatoms. The molecule has 1 aromatic heterocycles. The molecule has 0 fully saturated rings. The Morgan fingerprint density at radius 1 is 1.10 bits per heavy atom. The van der Waals surface area contributed by atoms with Crippen molar-refractivity contribution in [2.24, 2.45) is 0 Å². The lowest BCUT2D eigenvalue weighted by molar-refractivity contribution is 0.0697. The molecule has 0 atom stereocenters. The number of aromatic nitrogens is 1. The maximum absolute atomic E-state index is 11.4. The Morgan fingerprint density at radius 3 is 2.52 bits per heavy atom. The quantitative estimate of drug-likeness (QED) is 0.755. The van der Waals surface area contributed by atoms with E-state index in [0.717, 1.165) is 16.6 Å². The van der Waals surface area contributed by atoms with Crippen molar-refractivity contribution in [1.82, 2.24) is 4.98 Å². The van der Waals surface area contributed by atoms with Crippen molar-refractivity contribution in [3.63, 3.8) is 0 Å². The fraction of sp³-hybridized carbons (Fsp3) is 0. The van der Waals surface area contributed by atoms with Crippen molar-refractivity contribution >= 4 is 39.8 Å². The van der Waals surface area contributed by atoms with Crippen LogP contribution < -0.4 is 5.32 Å². The summed E-state index contributed by atoms with van der Waals surface area (Å²) in [6.07, 6.45) is 1.36. The number of fused-ring (bicyclic) bond motifs is 1. The fourth-order valence-corrected chi connectivity index (χ4v) is 2.24. The number of anilines is 2. The SMILES string of the molecule is O=C(O)c1cnc2ccccc2c1Nc1ccc(Cl)cc1. The number of pyridine rings is 1. The predicted molar refractivity (Wildman–Crippen MR) is 83.4 cm³/mol. The average molecular weight is 299 g/mol. The summed E-state index contributed by atoms with van der Waals surface area (Å²) >= 11 is 5.86. The minimum Gasteiger partial charge on any atom is -0.478 e. The Bertz CT molecular complexity index is 816. The number of aromatic carboxylic acids is 1. The largest absolute Gasteiger partial charge is 0.478 e. The number of carboxylic acids is 1. The van der Waals surface area contributed by atoms with E-state index in [4.69, 9.17) is 11.6 Å². The number of nitrogens with one attached hydrogen (secondary N) is 1. The summed E-state index contributed by atoms with van der Waals surface area (Å²) in [6.45, 7) is 0. The first-order chi connectivity index (χ1) is 10.1. The van der Waals surface area contributed by atoms with E-state index in [1.807, 2.05) is 24.3 Å². The van der Waals surface area contributed by atoms with Crippen LogP contribution in [0.15, 0.2) is 54.7 Å². The van der Waals surface area contributed by atoms with Crippen LogP contribution in [-0.4, -0.2) is 16.1 Å². The van der Waals surface area contributed by atoms with Crippen molar-refractivity contribution in [1.29, 1.82) is 0 Å². The second-order valence-corrected chi connectivity index (χ2v) is 4.94. The minimum atomic E-state index is -1.02. The van der Waals surface area contributed by atoms with E-state index < -0.39 is 5.97 Å². The number of para-hydroxylation sites is 1. The van der Waals surface area contributed by atoms with Gasteiger partial charge in [0.1, 0.15) is 5.56 Å². The van der Waals surface area contributed by atoms with E-state index in [0.29, 0.717) is 10.7 Å². The molecule has 0 saturated heterocycles. The standard InChI is InChI=1S/C16H11ClN2O2/c17-10-5-7-11(8-6-10)19-15-12-3-1-2-4-14(12)18-9-13(15)16(20)21/h1-9H,(H,18,19)(H,20,21). The van der Waals surface area contributed by atoms with Crippen LogP contribution in [-0.2, 0) is 0 Å². The first-order valence-electron chi connectivity index (χ1n) is 6.29. The molecule has 0 amide bonds. The average Bonchev–Trinajstić information content (AvgIpc) is 2.49. The Balaban J connectivity index is 2.16. The highest BCUT2D eigenvalue weighted by molar-refractivity contribution is 6.30. The third-order valence-electron chi connectivity index (χ3n) is 3.12. The molecule has 0 saturated carbocycles. The Morgan fingerprint density at radius 2 is 1.81 bits per heavy atom. The molecule has 4 nitrogen and oxygen atoms in total. The molecule has 0 spiro atoms. The number of hydrogen-bond acceptors (Lipinski definition) is 3. The molecule has 1 heterocycles. The molecule has 0 bridgehead atoms. The molecule has 0 aliphatic carbocycles. The summed E-state index contributed by atoms with van der Waals surface area (Å²) in [5.74, 6) is -1.02. The van der Waals surface area contributed by atoms with Crippen molar-refractivity contribution in [3.8, 4) is 0 Å². The topological polar surface area (TPSA) is 62.2 Å². The van der Waals surface area contributed by atoms with Crippen molar-refractivity contribution in [2.75, 3.05) is 5.32 Å². The van der Waals surface area contributed by atoms with Gasteiger partial charge in [0.2, 0.25) is 0 Å². The van der Waals surface area contributed by atoms with Crippen LogP contribution in [0.5, 0.6) is 0 Å². The fourth-order valence-electron chi connectivity index (χ4n) is 2.12. The highest BCUT2D eigenvalue weighted by Gasteiger charge is 2.14. The molecule has 0 aliphatic heterocycles. The first-order valence-corrected chi connectivity index (χ1v) is 6.66. The van der Waals surface area contributed by atoms with E-state index in [1.54, 1.807) is 24.3 Å². The van der Waals surface area contributed by atoms with Crippen LogP contribution in [0.25, 0.3) is 10.9 Å². The van der Waals surface area contributed by atoms with Crippen molar-refractivity contribution < 1.29 is 9.90 Å². The van der Waals surface area contributed by atoms with Gasteiger partial charge in [0.25, 0.3) is 0 Å². The van der Waals surface area contributed by atoms with Crippen LogP contribution in [0.2, 0.25) is 5.02 Å². The number of hydrogen-bond donors (Lipinski definition) is 2. The van der Waals surface area contributed by atoms with Gasteiger partial charge >= 0.3 is 5.97 Å². The van der Waals surface area contributed by atoms with E-state index in [2.05, 4.69) is 10.3 Å². The van der Waals surface area contributed by atoms with Crippen LogP contribution in [0.1, 0.15) is 10.4 Å². The molecular weight excluding hydrogens is 288 g/mol. The molecular formula is C16H11ClN2O2. The Kier molecular flexibility index (Phi) is 3.46. The van der Waals surface area contributed by atoms with Crippen LogP contribution in [0.3, 0.4) is 0 Å². The van der Waals surface area contributed by atoms with Gasteiger partial charge in [-0.15, -0.1) is 0 Å². The van der Waals surface area contributed by atoms with Gasteiger partial charge in [-0.3, -0.25) is 4.98 Å². The summed E-state index contributed by atoms with van der Waals surface area (Å²) in [5, 5.41) is 13.9. The third kappa shape index (κ3) is 2.66. The van der Waals surface area contributed by atoms with Crippen LogP contribution in [0.4, 0.5) is 11.4 Å². The zero-order chi connectivity index (χ0) is 14.8. The smallest absolute Gasteiger partial charge is 0.339 e. The number of benzene rings is 2. The van der Waals surface area contributed by atoms with Crippen molar-refractivity contribution in [2.45, 2.75) is 0 Å². The third-order valence-corrected chi connectivity index (χ3v) is 3.37. The Labute approximate surface area is 126 Å². The van der Waals surface area contributed by atoms with E-state index in [1.165, 1.54) is 6.20 Å². The van der Waals surface area contributed by atoms with Gasteiger partial charge in [-0.2, -0.15) is 0 Å². The van der Waals surface area contributed by atoms with Gasteiger partial charge < -0.3 is 10.4 Å². The number of carbonyl (C=O) groups is 1. The summed E-state index contributed by atoms with van der Waals surface area (Å²) in [6, 6.07) is 14.5. The molecule has 0 unspecified atom stereocenters. The van der Waals surface area contributed by atoms with Gasteiger partial charge in [0, 0.05) is 22.3 Å². The normalized spacial score (nSPS) is 10.5. The summed E-state index contributed by atoms with van der Waals surface area (Å²) in [4.78, 5) is 15.6. The maximum atomic E-state index is 11.4. The molecule has 3 aromatic rings. The molecule has 0 aliphatic rings. The minimum absolute atomic E-state index is 0.128. The number of carboxylic acid groups (broad SMARTS) is 1. The van der Waals surface area contributed by atoms with E-state index in [-0.39, 0.29) is 5.56 Å². The number of halogens is 1. The summed E-state index contributed by atoms with van der Waals surface area (Å²) < 4.78 is 0. The van der Waals surface area contributed by atoms with E-state index >= 15 is 0 Å². The van der Waals surface area contributed by atoms with Gasteiger partial charge in [0.15, 0.2) is 0 Å². The van der Waals surface area contributed by atoms with Gasteiger partial charge in [-0.05, 0) is 30.3 Å². The zero-order valence-electron chi connectivity index (χ0n) is 10.9. The second-order valence-electron chi connectivity index (χ2n) is 4.50. The molecule has 104 valence electrons. The number of rotatable bonds is 3. The van der Waals surface area contributed by atoms with Crippen LogP contribution >= 0.6 is 11.6 Å². The molecule has 2 aromatic carbocycles. The maximum Gasteiger partial charge on any atom is 0.339 e. The second kappa shape index (κ2) is 5.42. The summed E-state index contributed by atoms with van der Waals surface area (Å²) in [7, 11) is 0. The highest BCUT2D eigenvalue weighted by atomic mass is 35.5. The molecule has 3 rings (SSSR count). The molecule has 0 radical (unpaired) electrons. The lowest BCUT2D eigenvalue weighted by Gasteiger charge is -2.12. The monoisotopic (exact) mass is 298 g/mol. The summed E-state index contributed by atoms with van der Waals surface area (Å²) in [5.41, 5.74) is 2.15. The van der Waals surface area contributed by atoms with Crippen molar-refractivity contribution in [3.05, 3.63) is 65.3 Å². The molecule has 2 N–H and O–H groups in total. The molecule has 21 heavy (non-hydrogen) atoms. The van der Waals surface area contributed by atoms with E-state index in [9.17, 15) is 9.90 Å². The first kappa shape index (κ1) is 13.4. The zero-order valence-corrected chi connectivity index (χ0v) is 11.6.